The monoisotopic (exact) mass is 330 g/mol. The second-order valence-electron chi connectivity index (χ2n) is 5.21. The third-order valence-corrected chi connectivity index (χ3v) is 4.24. The minimum atomic E-state index is -0.397. The number of para-hydroxylation sites is 1. The van der Waals surface area contributed by atoms with Crippen LogP contribution in [0.5, 0.6) is 5.75 Å². The number of thiazole rings is 1. The summed E-state index contributed by atoms with van der Waals surface area (Å²) < 4.78 is 19.8. The molecule has 0 radical (unpaired) electrons. The van der Waals surface area contributed by atoms with Crippen LogP contribution in [0.25, 0.3) is 10.2 Å². The Balaban J connectivity index is 1.65. The molecule has 6 heteroatoms. The number of fused-ring (bicyclic) bond motifs is 1. The average Bonchev–Trinajstić information content (AvgIpc) is 2.90. The number of benzene rings is 2. The van der Waals surface area contributed by atoms with Gasteiger partial charge in [0.05, 0.1) is 4.70 Å². The molecule has 23 heavy (non-hydrogen) atoms. The third-order valence-electron chi connectivity index (χ3n) is 3.31. The maximum Gasteiger partial charge on any atom is 0.264 e. The van der Waals surface area contributed by atoms with Gasteiger partial charge in [-0.05, 0) is 37.6 Å². The molecule has 0 aliphatic heterocycles. The molecule has 0 aliphatic rings. The van der Waals surface area contributed by atoms with Crippen molar-refractivity contribution in [3.8, 4) is 5.75 Å². The van der Waals surface area contributed by atoms with Gasteiger partial charge in [-0.15, -0.1) is 0 Å². The molecular weight excluding hydrogens is 315 g/mol. The molecule has 1 amide bonds. The zero-order valence-electron chi connectivity index (χ0n) is 12.7. The highest BCUT2D eigenvalue weighted by molar-refractivity contribution is 7.22. The van der Waals surface area contributed by atoms with Crippen LogP contribution in [0.4, 0.5) is 9.52 Å². The van der Waals surface area contributed by atoms with Crippen LogP contribution in [0.1, 0.15) is 11.1 Å². The van der Waals surface area contributed by atoms with Crippen molar-refractivity contribution in [3.05, 3.63) is 53.3 Å². The Labute approximate surface area is 136 Å². The minimum absolute atomic E-state index is 0.123. The van der Waals surface area contributed by atoms with Crippen LogP contribution in [-0.4, -0.2) is 17.5 Å². The Hall–Kier alpha value is -2.47. The third kappa shape index (κ3) is 3.48. The van der Waals surface area contributed by atoms with E-state index in [4.69, 9.17) is 4.74 Å². The van der Waals surface area contributed by atoms with Crippen LogP contribution in [0, 0.1) is 19.7 Å². The summed E-state index contributed by atoms with van der Waals surface area (Å²) >= 11 is 1.23. The smallest absolute Gasteiger partial charge is 0.264 e. The summed E-state index contributed by atoms with van der Waals surface area (Å²) in [6, 6.07) is 10.5. The molecular formula is C17H15FN2O2S. The lowest BCUT2D eigenvalue weighted by atomic mass is 10.1. The van der Waals surface area contributed by atoms with E-state index in [0.717, 1.165) is 11.1 Å². The van der Waals surface area contributed by atoms with Gasteiger partial charge in [0.2, 0.25) is 0 Å². The van der Waals surface area contributed by atoms with Crippen molar-refractivity contribution >= 4 is 32.6 Å². The zero-order chi connectivity index (χ0) is 16.4. The summed E-state index contributed by atoms with van der Waals surface area (Å²) in [5.41, 5.74) is 2.37. The fourth-order valence-corrected chi connectivity index (χ4v) is 3.12. The highest BCUT2D eigenvalue weighted by Crippen LogP contribution is 2.27. The highest BCUT2D eigenvalue weighted by Gasteiger charge is 2.11. The van der Waals surface area contributed by atoms with Gasteiger partial charge in [-0.25, -0.2) is 9.37 Å². The molecule has 0 saturated carbocycles. The van der Waals surface area contributed by atoms with Gasteiger partial charge in [-0.3, -0.25) is 10.1 Å². The number of nitrogens with zero attached hydrogens (tertiary/aromatic N) is 1. The molecule has 0 fully saturated rings. The summed E-state index contributed by atoms with van der Waals surface area (Å²) in [4.78, 5) is 16.1. The fraction of sp³-hybridized carbons (Fsp3) is 0.176. The second kappa shape index (κ2) is 6.34. The van der Waals surface area contributed by atoms with Gasteiger partial charge >= 0.3 is 0 Å². The Bertz CT molecular complexity index is 876. The molecule has 3 aromatic rings. The standard InChI is InChI=1S/C17H15FN2O2S/c1-10-6-7-13(11(2)8-10)22-9-15(21)19-17-20-16-12(18)4-3-5-14(16)23-17/h3-8H,9H2,1-2H3,(H,19,20,21). The summed E-state index contributed by atoms with van der Waals surface area (Å²) in [5.74, 6) is -0.0590. The number of halogens is 1. The highest BCUT2D eigenvalue weighted by atomic mass is 32.1. The molecule has 0 unspecified atom stereocenters. The topological polar surface area (TPSA) is 51.2 Å². The number of hydrogen-bond acceptors (Lipinski definition) is 4. The van der Waals surface area contributed by atoms with Crippen LogP contribution in [0.15, 0.2) is 36.4 Å². The number of rotatable bonds is 4. The lowest BCUT2D eigenvalue weighted by molar-refractivity contribution is -0.118. The molecule has 1 N–H and O–H groups in total. The molecule has 0 spiro atoms. The molecule has 0 bridgehead atoms. The largest absolute Gasteiger partial charge is 0.483 e. The van der Waals surface area contributed by atoms with Gasteiger partial charge in [0.1, 0.15) is 17.1 Å². The summed E-state index contributed by atoms with van der Waals surface area (Å²) in [6.07, 6.45) is 0. The van der Waals surface area contributed by atoms with Crippen LogP contribution in [0.3, 0.4) is 0 Å². The normalized spacial score (nSPS) is 10.7. The van der Waals surface area contributed by atoms with Gasteiger partial charge in [-0.2, -0.15) is 0 Å². The van der Waals surface area contributed by atoms with Gasteiger partial charge < -0.3 is 4.74 Å². The van der Waals surface area contributed by atoms with E-state index in [1.165, 1.54) is 17.4 Å². The predicted octanol–water partition coefficient (Wildman–Crippen LogP) is 4.07. The SMILES string of the molecule is Cc1ccc(OCC(=O)Nc2nc3c(F)cccc3s2)c(C)c1. The molecule has 0 saturated heterocycles. The lowest BCUT2D eigenvalue weighted by Crippen LogP contribution is -2.20. The Morgan fingerprint density at radius 2 is 2.13 bits per heavy atom. The number of anilines is 1. The van der Waals surface area contributed by atoms with Crippen molar-refractivity contribution in [2.45, 2.75) is 13.8 Å². The van der Waals surface area contributed by atoms with Crippen molar-refractivity contribution in [1.29, 1.82) is 0 Å². The van der Waals surface area contributed by atoms with Crippen molar-refractivity contribution < 1.29 is 13.9 Å². The first-order valence-corrected chi connectivity index (χ1v) is 7.89. The van der Waals surface area contributed by atoms with E-state index in [9.17, 15) is 9.18 Å². The second-order valence-corrected chi connectivity index (χ2v) is 6.24. The summed E-state index contributed by atoms with van der Waals surface area (Å²) in [5, 5.41) is 3.00. The van der Waals surface area contributed by atoms with Crippen LogP contribution in [0.2, 0.25) is 0 Å². The van der Waals surface area contributed by atoms with Crippen LogP contribution < -0.4 is 10.1 Å². The van der Waals surface area contributed by atoms with E-state index in [-0.39, 0.29) is 18.0 Å². The number of aryl methyl sites for hydroxylation is 2. The zero-order valence-corrected chi connectivity index (χ0v) is 13.5. The molecule has 1 heterocycles. The number of hydrogen-bond donors (Lipinski definition) is 1. The quantitative estimate of drug-likeness (QED) is 0.784. The number of carbonyl (C=O) groups excluding carboxylic acids is 1. The van der Waals surface area contributed by atoms with Gasteiger partial charge in [-0.1, -0.05) is 35.1 Å². The van der Waals surface area contributed by atoms with E-state index in [1.807, 2.05) is 32.0 Å². The predicted molar refractivity (Wildman–Crippen MR) is 89.6 cm³/mol. The Morgan fingerprint density at radius 1 is 1.30 bits per heavy atom. The molecule has 0 aliphatic carbocycles. The number of nitrogens with one attached hydrogen (secondary N) is 1. The van der Waals surface area contributed by atoms with Gasteiger partial charge in [0.25, 0.3) is 5.91 Å². The first-order valence-electron chi connectivity index (χ1n) is 7.08. The first-order chi connectivity index (χ1) is 11.0. The lowest BCUT2D eigenvalue weighted by Gasteiger charge is -2.09. The van der Waals surface area contributed by atoms with Gasteiger partial charge in [0.15, 0.2) is 11.7 Å². The molecule has 2 aromatic carbocycles. The van der Waals surface area contributed by atoms with Crippen molar-refractivity contribution in [3.63, 3.8) is 0 Å². The number of amides is 1. The molecule has 0 atom stereocenters. The van der Waals surface area contributed by atoms with Crippen molar-refractivity contribution in [2.75, 3.05) is 11.9 Å². The summed E-state index contributed by atoms with van der Waals surface area (Å²) in [7, 11) is 0. The molecule has 118 valence electrons. The van der Waals surface area contributed by atoms with E-state index < -0.39 is 5.82 Å². The molecule has 4 nitrogen and oxygen atoms in total. The molecule has 1 aromatic heterocycles. The Kier molecular flexibility index (Phi) is 4.25. The number of carbonyl (C=O) groups is 1. The van der Waals surface area contributed by atoms with Crippen molar-refractivity contribution in [1.82, 2.24) is 4.98 Å². The van der Waals surface area contributed by atoms with Crippen LogP contribution in [-0.2, 0) is 4.79 Å². The maximum absolute atomic E-state index is 13.6. The van der Waals surface area contributed by atoms with E-state index >= 15 is 0 Å². The molecule has 3 rings (SSSR count). The number of ether oxygens (including phenoxy) is 1. The fourth-order valence-electron chi connectivity index (χ4n) is 2.23. The average molecular weight is 330 g/mol. The Morgan fingerprint density at radius 3 is 2.87 bits per heavy atom. The van der Waals surface area contributed by atoms with Crippen molar-refractivity contribution in [2.24, 2.45) is 0 Å². The summed E-state index contributed by atoms with van der Waals surface area (Å²) in [6.45, 7) is 3.80. The maximum atomic E-state index is 13.6. The van der Waals surface area contributed by atoms with Crippen LogP contribution >= 0.6 is 11.3 Å². The minimum Gasteiger partial charge on any atom is -0.483 e. The van der Waals surface area contributed by atoms with E-state index in [2.05, 4.69) is 10.3 Å². The number of aromatic nitrogens is 1. The van der Waals surface area contributed by atoms with Gasteiger partial charge in [0, 0.05) is 0 Å². The van der Waals surface area contributed by atoms with E-state index in [0.29, 0.717) is 15.6 Å². The first kappa shape index (κ1) is 15.4. The van der Waals surface area contributed by atoms with E-state index in [1.54, 1.807) is 12.1 Å².